The van der Waals surface area contributed by atoms with E-state index in [9.17, 15) is 10.1 Å². The lowest BCUT2D eigenvalue weighted by atomic mass is 10.2. The second-order valence-corrected chi connectivity index (χ2v) is 6.09. The molecule has 0 atom stereocenters. The predicted molar refractivity (Wildman–Crippen MR) is 89.2 cm³/mol. The zero-order chi connectivity index (χ0) is 15.7. The van der Waals surface area contributed by atoms with Crippen LogP contribution in [0.5, 0.6) is 0 Å². The standard InChI is InChI=1S/C14H26N4O2S/c1-4-9-12-13(18(19)20)14(17(2)16-12)15-10-7-5-6-8-11-21-3/h15H,4-11H2,1-3H3. The Morgan fingerprint density at radius 3 is 2.67 bits per heavy atom. The molecule has 0 aliphatic carbocycles. The molecule has 0 spiro atoms. The van der Waals surface area contributed by atoms with Gasteiger partial charge in [-0.1, -0.05) is 26.2 Å². The van der Waals surface area contributed by atoms with Gasteiger partial charge in [-0.25, -0.2) is 4.68 Å². The number of thioether (sulfide) groups is 1. The van der Waals surface area contributed by atoms with Gasteiger partial charge in [-0.3, -0.25) is 10.1 Å². The normalized spacial score (nSPS) is 10.8. The summed E-state index contributed by atoms with van der Waals surface area (Å²) in [6.07, 6.45) is 8.26. The Kier molecular flexibility index (Phi) is 8.19. The van der Waals surface area contributed by atoms with Gasteiger partial charge in [0.25, 0.3) is 0 Å². The first-order valence-corrected chi connectivity index (χ1v) is 8.94. The fourth-order valence-electron chi connectivity index (χ4n) is 2.30. The molecule has 6 nitrogen and oxygen atoms in total. The van der Waals surface area contributed by atoms with Gasteiger partial charge in [-0.05, 0) is 31.3 Å². The summed E-state index contributed by atoms with van der Waals surface area (Å²) < 4.78 is 1.59. The zero-order valence-electron chi connectivity index (χ0n) is 13.2. The molecule has 1 heterocycles. The van der Waals surface area contributed by atoms with E-state index in [0.29, 0.717) is 17.9 Å². The van der Waals surface area contributed by atoms with Gasteiger partial charge in [0.05, 0.1) is 4.92 Å². The van der Waals surface area contributed by atoms with Crippen molar-refractivity contribution in [1.29, 1.82) is 0 Å². The van der Waals surface area contributed by atoms with E-state index in [1.54, 1.807) is 11.7 Å². The average Bonchev–Trinajstić information content (AvgIpc) is 2.74. The summed E-state index contributed by atoms with van der Waals surface area (Å²) in [7, 11) is 1.76. The van der Waals surface area contributed by atoms with Crippen LogP contribution in [0.2, 0.25) is 0 Å². The molecule has 0 radical (unpaired) electrons. The average molecular weight is 314 g/mol. The van der Waals surface area contributed by atoms with E-state index in [2.05, 4.69) is 16.7 Å². The number of nitrogens with one attached hydrogen (secondary N) is 1. The van der Waals surface area contributed by atoms with E-state index in [1.165, 1.54) is 18.6 Å². The van der Waals surface area contributed by atoms with Crippen molar-refractivity contribution in [3.63, 3.8) is 0 Å². The van der Waals surface area contributed by atoms with E-state index >= 15 is 0 Å². The first-order chi connectivity index (χ1) is 10.1. The molecule has 0 saturated carbocycles. The summed E-state index contributed by atoms with van der Waals surface area (Å²) in [6, 6.07) is 0. The van der Waals surface area contributed by atoms with Crippen LogP contribution >= 0.6 is 11.8 Å². The summed E-state index contributed by atoms with van der Waals surface area (Å²) >= 11 is 1.87. The van der Waals surface area contributed by atoms with Gasteiger partial charge in [0.15, 0.2) is 0 Å². The van der Waals surface area contributed by atoms with Gasteiger partial charge in [0.1, 0.15) is 5.69 Å². The Hall–Kier alpha value is -1.24. The van der Waals surface area contributed by atoms with Crippen molar-refractivity contribution in [2.45, 2.75) is 45.4 Å². The Morgan fingerprint density at radius 2 is 2.05 bits per heavy atom. The van der Waals surface area contributed by atoms with Crippen LogP contribution in [0, 0.1) is 10.1 Å². The molecule has 1 N–H and O–H groups in total. The van der Waals surface area contributed by atoms with Gasteiger partial charge in [-0.15, -0.1) is 0 Å². The molecule has 0 unspecified atom stereocenters. The first-order valence-electron chi connectivity index (χ1n) is 7.54. The molecule has 0 aliphatic rings. The molecule has 0 amide bonds. The number of nitrogens with zero attached hydrogens (tertiary/aromatic N) is 3. The topological polar surface area (TPSA) is 73.0 Å². The number of aryl methyl sites for hydroxylation is 2. The second kappa shape index (κ2) is 9.65. The molecular weight excluding hydrogens is 288 g/mol. The van der Waals surface area contributed by atoms with E-state index in [4.69, 9.17) is 0 Å². The Labute approximate surface area is 130 Å². The molecule has 0 saturated heterocycles. The van der Waals surface area contributed by atoms with Crippen LogP contribution < -0.4 is 5.32 Å². The summed E-state index contributed by atoms with van der Waals surface area (Å²) in [5, 5.41) is 18.7. The highest BCUT2D eigenvalue weighted by atomic mass is 32.2. The van der Waals surface area contributed by atoms with Crippen molar-refractivity contribution in [2.75, 3.05) is 23.9 Å². The van der Waals surface area contributed by atoms with Crippen LogP contribution in [0.1, 0.15) is 44.7 Å². The summed E-state index contributed by atoms with van der Waals surface area (Å²) in [4.78, 5) is 10.9. The number of nitro groups is 1. The molecule has 0 aliphatic heterocycles. The van der Waals surface area contributed by atoms with E-state index in [1.807, 2.05) is 18.7 Å². The number of unbranched alkanes of at least 4 members (excludes halogenated alkanes) is 3. The first kappa shape index (κ1) is 17.8. The van der Waals surface area contributed by atoms with Crippen molar-refractivity contribution in [3.8, 4) is 0 Å². The van der Waals surface area contributed by atoms with Crippen LogP contribution in [0.15, 0.2) is 0 Å². The molecule has 21 heavy (non-hydrogen) atoms. The van der Waals surface area contributed by atoms with E-state index in [0.717, 1.165) is 25.8 Å². The third-order valence-corrected chi connectivity index (χ3v) is 4.03. The summed E-state index contributed by atoms with van der Waals surface area (Å²) in [5.41, 5.74) is 0.717. The predicted octanol–water partition coefficient (Wildman–Crippen LogP) is 3.62. The van der Waals surface area contributed by atoms with Crippen LogP contribution in [0.25, 0.3) is 0 Å². The molecule has 0 fully saturated rings. The maximum atomic E-state index is 11.2. The fourth-order valence-corrected chi connectivity index (χ4v) is 2.79. The summed E-state index contributed by atoms with van der Waals surface area (Å²) in [5.74, 6) is 1.74. The quantitative estimate of drug-likeness (QED) is 0.384. The van der Waals surface area contributed by atoms with E-state index < -0.39 is 0 Å². The van der Waals surface area contributed by atoms with Gasteiger partial charge in [-0.2, -0.15) is 16.9 Å². The monoisotopic (exact) mass is 314 g/mol. The van der Waals surface area contributed by atoms with Gasteiger partial charge in [0.2, 0.25) is 5.82 Å². The molecule has 1 rings (SSSR count). The second-order valence-electron chi connectivity index (χ2n) is 5.11. The minimum absolute atomic E-state index is 0.140. The van der Waals surface area contributed by atoms with Gasteiger partial charge >= 0.3 is 5.69 Å². The Morgan fingerprint density at radius 1 is 1.33 bits per heavy atom. The van der Waals surface area contributed by atoms with Crippen LogP contribution in [-0.4, -0.2) is 33.3 Å². The minimum atomic E-state index is -0.321. The highest BCUT2D eigenvalue weighted by Gasteiger charge is 2.25. The lowest BCUT2D eigenvalue weighted by Crippen LogP contribution is -2.08. The molecule has 1 aromatic rings. The SMILES string of the molecule is CCCc1nn(C)c(NCCCCCCSC)c1[N+](=O)[O-]. The Balaban J connectivity index is 2.52. The highest BCUT2D eigenvalue weighted by Crippen LogP contribution is 2.28. The maximum absolute atomic E-state index is 11.2. The number of rotatable bonds is 11. The van der Waals surface area contributed by atoms with E-state index in [-0.39, 0.29) is 10.6 Å². The minimum Gasteiger partial charge on any atom is -0.365 e. The zero-order valence-corrected chi connectivity index (χ0v) is 14.0. The number of aromatic nitrogens is 2. The molecule has 0 aromatic carbocycles. The third kappa shape index (κ3) is 5.57. The fraction of sp³-hybridized carbons (Fsp3) is 0.786. The molecule has 1 aromatic heterocycles. The van der Waals surface area contributed by atoms with Crippen molar-refractivity contribution in [2.24, 2.45) is 7.05 Å². The number of anilines is 1. The van der Waals surface area contributed by atoms with Crippen molar-refractivity contribution >= 4 is 23.3 Å². The lowest BCUT2D eigenvalue weighted by Gasteiger charge is -2.06. The van der Waals surface area contributed by atoms with Crippen LogP contribution in [0.4, 0.5) is 11.5 Å². The molecule has 0 bridgehead atoms. The van der Waals surface area contributed by atoms with Crippen LogP contribution in [0.3, 0.4) is 0 Å². The smallest absolute Gasteiger partial charge is 0.333 e. The maximum Gasteiger partial charge on any atom is 0.333 e. The number of hydrogen-bond donors (Lipinski definition) is 1. The van der Waals surface area contributed by atoms with Crippen molar-refractivity contribution in [3.05, 3.63) is 15.8 Å². The summed E-state index contributed by atoms with van der Waals surface area (Å²) in [6.45, 7) is 2.76. The van der Waals surface area contributed by atoms with Gasteiger partial charge < -0.3 is 5.32 Å². The highest BCUT2D eigenvalue weighted by molar-refractivity contribution is 7.98. The van der Waals surface area contributed by atoms with Crippen molar-refractivity contribution in [1.82, 2.24) is 9.78 Å². The lowest BCUT2D eigenvalue weighted by molar-refractivity contribution is -0.384. The molecule has 7 heteroatoms. The Bertz CT molecular complexity index is 448. The number of hydrogen-bond acceptors (Lipinski definition) is 5. The third-order valence-electron chi connectivity index (χ3n) is 3.33. The largest absolute Gasteiger partial charge is 0.365 e. The van der Waals surface area contributed by atoms with Gasteiger partial charge in [0, 0.05) is 13.6 Å². The van der Waals surface area contributed by atoms with Crippen molar-refractivity contribution < 1.29 is 4.92 Å². The molecular formula is C14H26N4O2S. The molecule has 120 valence electrons. The van der Waals surface area contributed by atoms with Crippen LogP contribution in [-0.2, 0) is 13.5 Å².